The highest BCUT2D eigenvalue weighted by atomic mass is 16.5. The number of carbonyl (C=O) groups is 1. The Balaban J connectivity index is 2.22. The fraction of sp³-hybridized carbons (Fsp3) is 0.588. The summed E-state index contributed by atoms with van der Waals surface area (Å²) in [5.41, 5.74) is 1.09. The van der Waals surface area contributed by atoms with E-state index in [9.17, 15) is 9.90 Å². The van der Waals surface area contributed by atoms with Crippen molar-refractivity contribution in [1.82, 2.24) is 0 Å². The highest BCUT2D eigenvalue weighted by molar-refractivity contribution is 5.78. The maximum Gasteiger partial charge on any atom is 0.132 e. The number of ketones is 1. The number of rotatable bonds is 10. The molecule has 20 heavy (non-hydrogen) atoms. The van der Waals surface area contributed by atoms with Crippen LogP contribution in [0.4, 0.5) is 0 Å². The van der Waals surface area contributed by atoms with Crippen molar-refractivity contribution in [3.63, 3.8) is 0 Å². The predicted molar refractivity (Wildman–Crippen MR) is 81.1 cm³/mol. The number of ether oxygens (including phenoxy) is 1. The molecule has 112 valence electrons. The van der Waals surface area contributed by atoms with Crippen LogP contribution >= 0.6 is 0 Å². The van der Waals surface area contributed by atoms with Crippen LogP contribution < -0.4 is 4.74 Å². The van der Waals surface area contributed by atoms with E-state index in [-0.39, 0.29) is 6.10 Å². The lowest BCUT2D eigenvalue weighted by Crippen LogP contribution is -2.11. The van der Waals surface area contributed by atoms with Gasteiger partial charge in [-0.1, -0.05) is 25.5 Å². The first-order valence-electron chi connectivity index (χ1n) is 7.48. The van der Waals surface area contributed by atoms with E-state index >= 15 is 0 Å². The summed E-state index contributed by atoms with van der Waals surface area (Å²) in [7, 11) is 1.64. The first kappa shape index (κ1) is 16.7. The number of hydrogen-bond donors (Lipinski definition) is 1. The van der Waals surface area contributed by atoms with Gasteiger partial charge in [0, 0.05) is 12.8 Å². The molecule has 0 heterocycles. The van der Waals surface area contributed by atoms with E-state index in [1.54, 1.807) is 7.11 Å². The van der Waals surface area contributed by atoms with Gasteiger partial charge in [-0.15, -0.1) is 0 Å². The molecule has 0 fully saturated rings. The first-order chi connectivity index (χ1) is 9.65. The summed E-state index contributed by atoms with van der Waals surface area (Å²) < 4.78 is 5.10. The maximum atomic E-state index is 11.5. The SMILES string of the molecule is CCCCC(=O)CCCC(O)Cc1ccc(OC)cc1. The molecule has 3 heteroatoms. The molecule has 0 saturated carbocycles. The van der Waals surface area contributed by atoms with E-state index in [4.69, 9.17) is 4.74 Å². The van der Waals surface area contributed by atoms with Crippen LogP contribution in [0.3, 0.4) is 0 Å². The lowest BCUT2D eigenvalue weighted by molar-refractivity contribution is -0.119. The molecule has 0 aliphatic heterocycles. The molecule has 3 nitrogen and oxygen atoms in total. The molecule has 0 saturated heterocycles. The van der Waals surface area contributed by atoms with Crippen molar-refractivity contribution in [1.29, 1.82) is 0 Å². The number of hydrogen-bond acceptors (Lipinski definition) is 3. The quantitative estimate of drug-likeness (QED) is 0.712. The molecule has 1 aromatic rings. The molecule has 0 aliphatic rings. The van der Waals surface area contributed by atoms with E-state index in [1.165, 1.54) is 0 Å². The van der Waals surface area contributed by atoms with Crippen LogP contribution in [0.15, 0.2) is 24.3 Å². The number of aliphatic hydroxyl groups excluding tert-OH is 1. The number of Topliss-reactive ketones (excluding diaryl/α,β-unsaturated/α-hetero) is 1. The predicted octanol–water partition coefficient (Wildman–Crippen LogP) is 3.53. The first-order valence-corrected chi connectivity index (χ1v) is 7.48. The van der Waals surface area contributed by atoms with Crippen molar-refractivity contribution in [2.24, 2.45) is 0 Å². The van der Waals surface area contributed by atoms with Gasteiger partial charge < -0.3 is 9.84 Å². The van der Waals surface area contributed by atoms with E-state index in [0.717, 1.165) is 30.6 Å². The van der Waals surface area contributed by atoms with Crippen LogP contribution in [-0.2, 0) is 11.2 Å². The summed E-state index contributed by atoms with van der Waals surface area (Å²) in [6.45, 7) is 2.09. The average Bonchev–Trinajstić information content (AvgIpc) is 2.46. The van der Waals surface area contributed by atoms with Gasteiger partial charge in [0.2, 0.25) is 0 Å². The van der Waals surface area contributed by atoms with Crippen LogP contribution in [0.5, 0.6) is 5.75 Å². The fourth-order valence-corrected chi connectivity index (χ4v) is 2.17. The van der Waals surface area contributed by atoms with E-state index in [1.807, 2.05) is 24.3 Å². The minimum Gasteiger partial charge on any atom is -0.497 e. The van der Waals surface area contributed by atoms with Gasteiger partial charge in [0.15, 0.2) is 0 Å². The number of carbonyl (C=O) groups excluding carboxylic acids is 1. The zero-order valence-electron chi connectivity index (χ0n) is 12.6. The highest BCUT2D eigenvalue weighted by Gasteiger charge is 2.08. The van der Waals surface area contributed by atoms with Crippen molar-refractivity contribution < 1.29 is 14.6 Å². The second-order valence-electron chi connectivity index (χ2n) is 5.24. The summed E-state index contributed by atoms with van der Waals surface area (Å²) in [6.07, 6.45) is 5.04. The van der Waals surface area contributed by atoms with Gasteiger partial charge in [0.1, 0.15) is 11.5 Å². The van der Waals surface area contributed by atoms with Crippen molar-refractivity contribution >= 4 is 5.78 Å². The fourth-order valence-electron chi connectivity index (χ4n) is 2.17. The molecule has 0 aliphatic carbocycles. The lowest BCUT2D eigenvalue weighted by Gasteiger charge is -2.10. The zero-order valence-corrected chi connectivity index (χ0v) is 12.6. The third kappa shape index (κ3) is 6.71. The van der Waals surface area contributed by atoms with Crippen LogP contribution in [0, 0.1) is 0 Å². The standard InChI is InChI=1S/C17H26O3/c1-3-4-6-15(18)7-5-8-16(19)13-14-9-11-17(20-2)12-10-14/h9-12,16,19H,3-8,13H2,1-2H3. The van der Waals surface area contributed by atoms with Gasteiger partial charge >= 0.3 is 0 Å². The summed E-state index contributed by atoms with van der Waals surface area (Å²) in [4.78, 5) is 11.5. The van der Waals surface area contributed by atoms with E-state index in [0.29, 0.717) is 31.5 Å². The Morgan fingerprint density at radius 1 is 1.20 bits per heavy atom. The molecular weight excluding hydrogens is 252 g/mol. The molecule has 0 spiro atoms. The monoisotopic (exact) mass is 278 g/mol. The second kappa shape index (κ2) is 9.54. The molecule has 0 bridgehead atoms. The Kier molecular flexibility index (Phi) is 7.97. The average molecular weight is 278 g/mol. The van der Waals surface area contributed by atoms with Gasteiger partial charge in [-0.05, 0) is 43.4 Å². The topological polar surface area (TPSA) is 46.5 Å². The number of methoxy groups -OCH3 is 1. The largest absolute Gasteiger partial charge is 0.497 e. The molecule has 1 rings (SSSR count). The van der Waals surface area contributed by atoms with Gasteiger partial charge in [0.05, 0.1) is 13.2 Å². The minimum atomic E-state index is -0.373. The number of benzene rings is 1. The Labute approximate surface area is 122 Å². The lowest BCUT2D eigenvalue weighted by atomic mass is 10.0. The highest BCUT2D eigenvalue weighted by Crippen LogP contribution is 2.14. The third-order valence-corrected chi connectivity index (χ3v) is 3.43. The third-order valence-electron chi connectivity index (χ3n) is 3.43. The second-order valence-corrected chi connectivity index (χ2v) is 5.24. The molecule has 1 unspecified atom stereocenters. The molecule has 0 amide bonds. The Morgan fingerprint density at radius 3 is 2.45 bits per heavy atom. The van der Waals surface area contributed by atoms with Crippen LogP contribution in [0.2, 0.25) is 0 Å². The Hall–Kier alpha value is -1.35. The number of aliphatic hydroxyl groups is 1. The van der Waals surface area contributed by atoms with Crippen molar-refractivity contribution in [2.45, 2.75) is 58.0 Å². The summed E-state index contributed by atoms with van der Waals surface area (Å²) in [5, 5.41) is 9.98. The van der Waals surface area contributed by atoms with E-state index < -0.39 is 0 Å². The smallest absolute Gasteiger partial charge is 0.132 e. The van der Waals surface area contributed by atoms with Crippen molar-refractivity contribution in [3.8, 4) is 5.75 Å². The van der Waals surface area contributed by atoms with Crippen LogP contribution in [0.1, 0.15) is 51.0 Å². The Morgan fingerprint density at radius 2 is 1.85 bits per heavy atom. The zero-order chi connectivity index (χ0) is 14.8. The minimum absolute atomic E-state index is 0.323. The molecular formula is C17H26O3. The molecule has 0 radical (unpaired) electrons. The summed E-state index contributed by atoms with van der Waals surface area (Å²) >= 11 is 0. The molecule has 1 aromatic carbocycles. The van der Waals surface area contributed by atoms with E-state index in [2.05, 4.69) is 6.92 Å². The van der Waals surface area contributed by atoms with Gasteiger partial charge in [-0.25, -0.2) is 0 Å². The molecule has 0 aromatic heterocycles. The van der Waals surface area contributed by atoms with Crippen molar-refractivity contribution in [3.05, 3.63) is 29.8 Å². The van der Waals surface area contributed by atoms with Gasteiger partial charge in [-0.2, -0.15) is 0 Å². The van der Waals surface area contributed by atoms with Crippen molar-refractivity contribution in [2.75, 3.05) is 7.11 Å². The normalized spacial score (nSPS) is 12.2. The summed E-state index contributed by atoms with van der Waals surface area (Å²) in [5.74, 6) is 1.15. The Bertz CT molecular complexity index is 384. The van der Waals surface area contributed by atoms with Crippen LogP contribution in [-0.4, -0.2) is 24.1 Å². The summed E-state index contributed by atoms with van der Waals surface area (Å²) in [6, 6.07) is 7.73. The molecule has 1 N–H and O–H groups in total. The maximum absolute atomic E-state index is 11.5. The van der Waals surface area contributed by atoms with Gasteiger partial charge in [-0.3, -0.25) is 4.79 Å². The van der Waals surface area contributed by atoms with Gasteiger partial charge in [0.25, 0.3) is 0 Å². The number of unbranched alkanes of at least 4 members (excludes halogenated alkanes) is 1. The molecule has 1 atom stereocenters. The van der Waals surface area contributed by atoms with Crippen LogP contribution in [0.25, 0.3) is 0 Å².